The number of imide groups is 1. The molecule has 0 spiro atoms. The van der Waals surface area contributed by atoms with Gasteiger partial charge in [-0.3, -0.25) is 14.5 Å². The van der Waals surface area contributed by atoms with E-state index in [0.29, 0.717) is 28.3 Å². The van der Waals surface area contributed by atoms with Crippen molar-refractivity contribution in [3.8, 4) is 17.2 Å². The number of methoxy groups -OCH3 is 1. The van der Waals surface area contributed by atoms with Gasteiger partial charge in [0.2, 0.25) is 5.82 Å². The van der Waals surface area contributed by atoms with Crippen molar-refractivity contribution in [2.45, 2.75) is 13.2 Å². The van der Waals surface area contributed by atoms with Crippen molar-refractivity contribution in [1.82, 2.24) is 15.0 Å². The number of aromatic nitrogens is 2. The molecule has 0 atom stereocenters. The maximum absolute atomic E-state index is 12.8. The van der Waals surface area contributed by atoms with Crippen LogP contribution in [0.15, 0.2) is 63.8 Å². The zero-order valence-electron chi connectivity index (χ0n) is 17.9. The van der Waals surface area contributed by atoms with E-state index >= 15 is 0 Å². The minimum Gasteiger partial charge on any atom is -0.496 e. The Labute approximate surface area is 197 Å². The molecule has 0 saturated heterocycles. The van der Waals surface area contributed by atoms with Crippen LogP contribution in [-0.4, -0.2) is 39.9 Å². The third kappa shape index (κ3) is 3.95. The molecule has 0 aliphatic carbocycles. The predicted molar refractivity (Wildman–Crippen MR) is 120 cm³/mol. The third-order valence-corrected chi connectivity index (χ3v) is 5.95. The van der Waals surface area contributed by atoms with Crippen molar-refractivity contribution in [3.63, 3.8) is 0 Å². The Bertz CT molecular complexity index is 1360. The average molecular weight is 475 g/mol. The zero-order chi connectivity index (χ0) is 23.7. The van der Waals surface area contributed by atoms with Gasteiger partial charge >= 0.3 is 5.97 Å². The lowest BCUT2D eigenvalue weighted by molar-refractivity contribution is 0.0455. The van der Waals surface area contributed by atoms with Gasteiger partial charge in [0.05, 0.1) is 30.3 Å². The van der Waals surface area contributed by atoms with E-state index in [4.69, 9.17) is 14.0 Å². The molecule has 1 aliphatic heterocycles. The van der Waals surface area contributed by atoms with Crippen molar-refractivity contribution >= 4 is 29.1 Å². The SMILES string of the molecule is COc1ccc(CN2C(=O)c3ccccc3C2=O)cc1C(=O)OCc1noc(-c2ccsc2)n1. The Hall–Kier alpha value is -4.31. The maximum atomic E-state index is 12.8. The number of nitrogens with zero attached hydrogens (tertiary/aromatic N) is 3. The summed E-state index contributed by atoms with van der Waals surface area (Å²) in [6.45, 7) is -0.191. The molecule has 2 amide bonds. The first-order chi connectivity index (χ1) is 16.5. The minimum absolute atomic E-state index is 0.00542. The number of thiophene rings is 1. The van der Waals surface area contributed by atoms with Gasteiger partial charge in [0.1, 0.15) is 11.3 Å². The average Bonchev–Trinajstić information content (AvgIpc) is 3.61. The maximum Gasteiger partial charge on any atom is 0.342 e. The van der Waals surface area contributed by atoms with Crippen molar-refractivity contribution in [1.29, 1.82) is 0 Å². The van der Waals surface area contributed by atoms with Crippen LogP contribution in [0.4, 0.5) is 0 Å². The summed E-state index contributed by atoms with van der Waals surface area (Å²) >= 11 is 1.50. The van der Waals surface area contributed by atoms with Crippen LogP contribution in [0.2, 0.25) is 0 Å². The molecular formula is C24H17N3O6S. The fraction of sp³-hybridized carbons (Fsp3) is 0.125. The number of hydrogen-bond donors (Lipinski definition) is 0. The highest BCUT2D eigenvalue weighted by molar-refractivity contribution is 7.08. The molecule has 4 aromatic rings. The fourth-order valence-corrected chi connectivity index (χ4v) is 4.23. The summed E-state index contributed by atoms with van der Waals surface area (Å²) in [5, 5.41) is 7.59. The summed E-state index contributed by atoms with van der Waals surface area (Å²) in [4.78, 5) is 43.5. The lowest BCUT2D eigenvalue weighted by Crippen LogP contribution is -2.29. The van der Waals surface area contributed by atoms with Crippen LogP contribution in [0.5, 0.6) is 5.75 Å². The van der Waals surface area contributed by atoms with E-state index in [2.05, 4.69) is 10.1 Å². The summed E-state index contributed by atoms with van der Waals surface area (Å²) in [6, 6.07) is 13.3. The van der Waals surface area contributed by atoms with E-state index < -0.39 is 5.97 Å². The quantitative estimate of drug-likeness (QED) is 0.292. The van der Waals surface area contributed by atoms with Gasteiger partial charge in [0, 0.05) is 5.38 Å². The Balaban J connectivity index is 1.31. The largest absolute Gasteiger partial charge is 0.496 e. The number of rotatable bonds is 7. The van der Waals surface area contributed by atoms with Crippen LogP contribution in [-0.2, 0) is 17.9 Å². The first kappa shape index (κ1) is 21.5. The molecule has 2 aromatic heterocycles. The molecule has 0 unspecified atom stereocenters. The van der Waals surface area contributed by atoms with E-state index in [1.807, 2.05) is 16.8 Å². The molecule has 2 aromatic carbocycles. The van der Waals surface area contributed by atoms with Gasteiger partial charge in [0.25, 0.3) is 17.7 Å². The monoisotopic (exact) mass is 475 g/mol. The molecule has 10 heteroatoms. The molecule has 0 fully saturated rings. The van der Waals surface area contributed by atoms with E-state index in [9.17, 15) is 14.4 Å². The molecular weight excluding hydrogens is 458 g/mol. The van der Waals surface area contributed by atoms with Crippen molar-refractivity contribution in [3.05, 3.63) is 87.4 Å². The molecule has 0 saturated carbocycles. The molecule has 0 bridgehead atoms. The van der Waals surface area contributed by atoms with Crippen LogP contribution in [0, 0.1) is 0 Å². The standard InChI is InChI=1S/C24H17N3O6S/c1-31-19-7-6-14(11-27-22(28)16-4-2-3-5-17(16)23(27)29)10-18(19)24(30)32-12-20-25-21(33-26-20)15-8-9-34-13-15/h2-10,13H,11-12H2,1H3. The van der Waals surface area contributed by atoms with Gasteiger partial charge in [-0.15, -0.1) is 0 Å². The molecule has 170 valence electrons. The van der Waals surface area contributed by atoms with Crippen LogP contribution in [0.1, 0.15) is 42.5 Å². The summed E-state index contributed by atoms with van der Waals surface area (Å²) in [6.07, 6.45) is 0. The summed E-state index contributed by atoms with van der Waals surface area (Å²) in [7, 11) is 1.43. The van der Waals surface area contributed by atoms with Gasteiger partial charge in [-0.25, -0.2) is 4.79 Å². The molecule has 9 nitrogen and oxygen atoms in total. The van der Waals surface area contributed by atoms with Gasteiger partial charge < -0.3 is 14.0 Å². The number of carbonyl (C=O) groups is 3. The Morgan fingerprint density at radius 1 is 1.09 bits per heavy atom. The Kier molecular flexibility index (Phi) is 5.64. The first-order valence-corrected chi connectivity index (χ1v) is 11.1. The van der Waals surface area contributed by atoms with Crippen LogP contribution in [0.3, 0.4) is 0 Å². The second-order valence-electron chi connectivity index (χ2n) is 7.38. The van der Waals surface area contributed by atoms with Crippen LogP contribution >= 0.6 is 11.3 Å². The van der Waals surface area contributed by atoms with E-state index in [0.717, 1.165) is 10.5 Å². The van der Waals surface area contributed by atoms with Gasteiger partial charge in [-0.05, 0) is 41.3 Å². The number of fused-ring (bicyclic) bond motifs is 1. The molecule has 3 heterocycles. The Morgan fingerprint density at radius 2 is 1.85 bits per heavy atom. The van der Waals surface area contributed by atoms with Crippen molar-refractivity contribution < 1.29 is 28.4 Å². The number of hydrogen-bond acceptors (Lipinski definition) is 9. The second kappa shape index (κ2) is 8.91. The molecule has 34 heavy (non-hydrogen) atoms. The normalized spacial score (nSPS) is 12.7. The van der Waals surface area contributed by atoms with Crippen molar-refractivity contribution in [2.24, 2.45) is 0 Å². The van der Waals surface area contributed by atoms with Gasteiger partial charge in [-0.1, -0.05) is 23.4 Å². The first-order valence-electron chi connectivity index (χ1n) is 10.2. The van der Waals surface area contributed by atoms with Crippen LogP contribution in [0.25, 0.3) is 11.5 Å². The summed E-state index contributed by atoms with van der Waals surface area (Å²) in [5.41, 5.74) is 2.24. The number of ether oxygens (including phenoxy) is 2. The van der Waals surface area contributed by atoms with E-state index in [-0.39, 0.29) is 36.4 Å². The number of esters is 1. The lowest BCUT2D eigenvalue weighted by atomic mass is 10.1. The van der Waals surface area contributed by atoms with E-state index in [1.165, 1.54) is 24.5 Å². The zero-order valence-corrected chi connectivity index (χ0v) is 18.7. The van der Waals surface area contributed by atoms with Gasteiger partial charge in [0.15, 0.2) is 6.61 Å². The van der Waals surface area contributed by atoms with Crippen LogP contribution < -0.4 is 4.74 Å². The topological polar surface area (TPSA) is 112 Å². The highest BCUT2D eigenvalue weighted by atomic mass is 32.1. The minimum atomic E-state index is -0.664. The molecule has 0 N–H and O–H groups in total. The highest BCUT2D eigenvalue weighted by Gasteiger charge is 2.35. The van der Waals surface area contributed by atoms with Crippen molar-refractivity contribution in [2.75, 3.05) is 7.11 Å². The highest BCUT2D eigenvalue weighted by Crippen LogP contribution is 2.27. The van der Waals surface area contributed by atoms with Gasteiger partial charge in [-0.2, -0.15) is 16.3 Å². The second-order valence-corrected chi connectivity index (χ2v) is 8.16. The Morgan fingerprint density at radius 3 is 2.53 bits per heavy atom. The molecule has 5 rings (SSSR count). The molecule has 1 aliphatic rings. The predicted octanol–water partition coefficient (Wildman–Crippen LogP) is 3.96. The number of amides is 2. The number of benzene rings is 2. The number of carbonyl (C=O) groups excluding carboxylic acids is 3. The van der Waals surface area contributed by atoms with E-state index in [1.54, 1.807) is 36.4 Å². The fourth-order valence-electron chi connectivity index (χ4n) is 3.60. The lowest BCUT2D eigenvalue weighted by Gasteiger charge is -2.15. The summed E-state index contributed by atoms with van der Waals surface area (Å²) < 4.78 is 15.8. The third-order valence-electron chi connectivity index (χ3n) is 5.27. The smallest absolute Gasteiger partial charge is 0.342 e. The summed E-state index contributed by atoms with van der Waals surface area (Å²) in [5.74, 6) is -0.562. The molecule has 0 radical (unpaired) electrons.